The Labute approximate surface area is 133 Å². The lowest BCUT2D eigenvalue weighted by Crippen LogP contribution is -2.38. The van der Waals surface area contributed by atoms with Crippen LogP contribution >= 0.6 is 23.2 Å². The number of hydrogen-bond donors (Lipinski definition) is 0. The molecule has 2 amide bonds. The number of carbonyl (C=O) groups excluding carboxylic acids is 2. The lowest BCUT2D eigenvalue weighted by atomic mass is 10.1. The maximum atomic E-state index is 12.3. The molecule has 7 heteroatoms. The monoisotopic (exact) mass is 327 g/mol. The molecule has 0 radical (unpaired) electrons. The summed E-state index contributed by atoms with van der Waals surface area (Å²) < 4.78 is 0. The molecule has 21 heavy (non-hydrogen) atoms. The highest BCUT2D eigenvalue weighted by Crippen LogP contribution is 2.22. The smallest absolute Gasteiger partial charge is 0.270 e. The summed E-state index contributed by atoms with van der Waals surface area (Å²) in [5.41, 5.74) is 1.18. The second-order valence-electron chi connectivity index (χ2n) is 4.86. The predicted octanol–water partition coefficient (Wildman–Crippen LogP) is 2.56. The Morgan fingerprint density at radius 1 is 1.38 bits per heavy atom. The van der Waals surface area contributed by atoms with Gasteiger partial charge in [-0.05, 0) is 17.7 Å². The van der Waals surface area contributed by atoms with E-state index in [4.69, 9.17) is 23.2 Å². The van der Waals surface area contributed by atoms with E-state index in [1.807, 2.05) is 0 Å². The van der Waals surface area contributed by atoms with Gasteiger partial charge in [0.2, 0.25) is 5.91 Å². The minimum Gasteiger partial charge on any atom is -0.336 e. The molecule has 0 fully saturated rings. The molecule has 1 heterocycles. The minimum atomic E-state index is -0.208. The van der Waals surface area contributed by atoms with Crippen LogP contribution < -0.4 is 0 Å². The van der Waals surface area contributed by atoms with Crippen molar-refractivity contribution in [2.24, 2.45) is 5.10 Å². The van der Waals surface area contributed by atoms with Crippen LogP contribution in [-0.4, -0.2) is 41.5 Å². The summed E-state index contributed by atoms with van der Waals surface area (Å²) in [5.74, 6) is -0.296. The van der Waals surface area contributed by atoms with Crippen molar-refractivity contribution in [3.63, 3.8) is 0 Å². The number of rotatable bonds is 3. The summed E-state index contributed by atoms with van der Waals surface area (Å²) >= 11 is 11.9. The van der Waals surface area contributed by atoms with E-state index in [0.29, 0.717) is 35.1 Å². The molecule has 112 valence electrons. The number of carbonyl (C=O) groups is 2. The fraction of sp³-hybridized carbons (Fsp3) is 0.357. The Balaban J connectivity index is 2.09. The van der Waals surface area contributed by atoms with Crippen LogP contribution in [0.1, 0.15) is 18.4 Å². The van der Waals surface area contributed by atoms with Crippen molar-refractivity contribution in [1.82, 2.24) is 9.91 Å². The van der Waals surface area contributed by atoms with E-state index < -0.39 is 0 Å². The molecule has 0 spiro atoms. The quantitative estimate of drug-likeness (QED) is 0.856. The largest absolute Gasteiger partial charge is 0.336 e. The highest BCUT2D eigenvalue weighted by atomic mass is 35.5. The predicted molar refractivity (Wildman–Crippen MR) is 82.4 cm³/mol. The van der Waals surface area contributed by atoms with Crippen molar-refractivity contribution < 1.29 is 9.59 Å². The Hall–Kier alpha value is -1.59. The van der Waals surface area contributed by atoms with Gasteiger partial charge in [0.05, 0.1) is 0 Å². The zero-order valence-electron chi connectivity index (χ0n) is 11.8. The number of halogens is 2. The first-order valence-corrected chi connectivity index (χ1v) is 7.17. The second kappa shape index (κ2) is 6.45. The molecule has 0 aromatic heterocycles. The molecule has 0 bridgehead atoms. The first-order valence-electron chi connectivity index (χ1n) is 6.42. The van der Waals surface area contributed by atoms with Crippen molar-refractivity contribution in [1.29, 1.82) is 0 Å². The second-order valence-corrected chi connectivity index (χ2v) is 5.70. The van der Waals surface area contributed by atoms with E-state index in [-0.39, 0.29) is 11.8 Å². The van der Waals surface area contributed by atoms with Gasteiger partial charge in [0.25, 0.3) is 5.91 Å². The van der Waals surface area contributed by atoms with Gasteiger partial charge in [0, 0.05) is 43.5 Å². The van der Waals surface area contributed by atoms with Crippen LogP contribution in [0.15, 0.2) is 23.3 Å². The van der Waals surface area contributed by atoms with Crippen molar-refractivity contribution in [2.75, 3.05) is 14.1 Å². The van der Waals surface area contributed by atoms with Gasteiger partial charge in [0.15, 0.2) is 0 Å². The molecule has 1 aromatic rings. The van der Waals surface area contributed by atoms with Gasteiger partial charge in [-0.3, -0.25) is 9.59 Å². The number of amides is 2. The number of nitrogens with zero attached hydrogens (tertiary/aromatic N) is 3. The van der Waals surface area contributed by atoms with Crippen LogP contribution in [-0.2, 0) is 16.1 Å². The van der Waals surface area contributed by atoms with Gasteiger partial charge in [0.1, 0.15) is 5.71 Å². The highest BCUT2D eigenvalue weighted by Gasteiger charge is 2.24. The maximum Gasteiger partial charge on any atom is 0.270 e. The van der Waals surface area contributed by atoms with Crippen molar-refractivity contribution >= 4 is 40.7 Å². The fourth-order valence-electron chi connectivity index (χ4n) is 2.02. The Morgan fingerprint density at radius 3 is 2.71 bits per heavy atom. The summed E-state index contributed by atoms with van der Waals surface area (Å²) in [6, 6.07) is 5.15. The van der Waals surface area contributed by atoms with Crippen LogP contribution in [0, 0.1) is 0 Å². The summed E-state index contributed by atoms with van der Waals surface area (Å²) in [7, 11) is 3.22. The van der Waals surface area contributed by atoms with Gasteiger partial charge in [-0.2, -0.15) is 5.10 Å². The topological polar surface area (TPSA) is 53.0 Å². The molecule has 0 N–H and O–H groups in total. The normalized spacial score (nSPS) is 15.0. The molecule has 0 saturated carbocycles. The summed E-state index contributed by atoms with van der Waals surface area (Å²) in [6.07, 6.45) is 0.664. The zero-order valence-corrected chi connectivity index (χ0v) is 13.3. The van der Waals surface area contributed by atoms with Gasteiger partial charge in [-0.25, -0.2) is 5.01 Å². The minimum absolute atomic E-state index is 0.0880. The van der Waals surface area contributed by atoms with Gasteiger partial charge < -0.3 is 4.90 Å². The van der Waals surface area contributed by atoms with Crippen molar-refractivity contribution in [2.45, 2.75) is 19.4 Å². The van der Waals surface area contributed by atoms with Crippen LogP contribution in [0.25, 0.3) is 0 Å². The van der Waals surface area contributed by atoms with Gasteiger partial charge in [-0.15, -0.1) is 0 Å². The summed E-state index contributed by atoms with van der Waals surface area (Å²) in [5, 5.41) is 6.29. The third kappa shape index (κ3) is 3.74. The number of benzene rings is 1. The van der Waals surface area contributed by atoms with Crippen LogP contribution in [0.5, 0.6) is 0 Å². The Bertz CT molecular complexity index is 616. The molecule has 0 atom stereocenters. The first-order chi connectivity index (χ1) is 9.88. The summed E-state index contributed by atoms with van der Waals surface area (Å²) in [6.45, 7) is 0.353. The lowest BCUT2D eigenvalue weighted by Gasteiger charge is -2.23. The molecule has 1 aliphatic rings. The first kappa shape index (κ1) is 15.8. The van der Waals surface area contributed by atoms with Gasteiger partial charge in [-0.1, -0.05) is 29.3 Å². The molecular formula is C14H15Cl2N3O2. The molecule has 1 aromatic carbocycles. The van der Waals surface area contributed by atoms with Crippen molar-refractivity contribution in [3.8, 4) is 0 Å². The average molecular weight is 328 g/mol. The third-order valence-electron chi connectivity index (χ3n) is 3.22. The highest BCUT2D eigenvalue weighted by molar-refractivity contribution is 6.39. The zero-order chi connectivity index (χ0) is 15.6. The number of hydrazone groups is 1. The SMILES string of the molecule is CN(Cc1ccc(Cl)cc1Cl)C(=O)C1=NN(C)C(=O)CC1. The van der Waals surface area contributed by atoms with E-state index in [2.05, 4.69) is 5.10 Å². The van der Waals surface area contributed by atoms with Gasteiger partial charge >= 0.3 is 0 Å². The standard InChI is InChI=1S/C14H15Cl2N3O2/c1-18(8-9-3-4-10(15)7-11(9)16)14(21)12-5-6-13(20)19(2)17-12/h3-4,7H,5-6,8H2,1-2H3. The van der Waals surface area contributed by atoms with Crippen LogP contribution in [0.3, 0.4) is 0 Å². The Morgan fingerprint density at radius 2 is 2.10 bits per heavy atom. The maximum absolute atomic E-state index is 12.3. The molecule has 2 rings (SSSR count). The molecule has 0 unspecified atom stereocenters. The van der Waals surface area contributed by atoms with E-state index in [9.17, 15) is 9.59 Å². The Kier molecular flexibility index (Phi) is 4.85. The van der Waals surface area contributed by atoms with E-state index in [1.54, 1.807) is 32.3 Å². The van der Waals surface area contributed by atoms with Crippen LogP contribution in [0.2, 0.25) is 10.0 Å². The molecule has 1 aliphatic heterocycles. The van der Waals surface area contributed by atoms with E-state index in [1.165, 1.54) is 9.91 Å². The lowest BCUT2D eigenvalue weighted by molar-refractivity contribution is -0.130. The molecule has 0 saturated heterocycles. The summed E-state index contributed by atoms with van der Waals surface area (Å²) in [4.78, 5) is 25.2. The number of hydrogen-bond acceptors (Lipinski definition) is 3. The van der Waals surface area contributed by atoms with Crippen LogP contribution in [0.4, 0.5) is 0 Å². The molecular weight excluding hydrogens is 313 g/mol. The van der Waals surface area contributed by atoms with E-state index in [0.717, 1.165) is 5.56 Å². The van der Waals surface area contributed by atoms with Crippen molar-refractivity contribution in [3.05, 3.63) is 33.8 Å². The van der Waals surface area contributed by atoms with E-state index >= 15 is 0 Å². The third-order valence-corrected chi connectivity index (χ3v) is 3.81. The molecule has 0 aliphatic carbocycles. The average Bonchev–Trinajstić information content (AvgIpc) is 2.44. The molecule has 5 nitrogen and oxygen atoms in total. The fourth-order valence-corrected chi connectivity index (χ4v) is 2.49.